The number of sulfonamides is 1. The zero-order chi connectivity index (χ0) is 21.7. The van der Waals surface area contributed by atoms with Crippen LogP contribution in [0.5, 0.6) is 5.75 Å². The summed E-state index contributed by atoms with van der Waals surface area (Å²) in [5.41, 5.74) is 0.254. The Kier molecular flexibility index (Phi) is 6.84. The number of methoxy groups -OCH3 is 1. The number of nitrogens with zero attached hydrogens (tertiary/aromatic N) is 3. The van der Waals surface area contributed by atoms with Gasteiger partial charge in [0.25, 0.3) is 10.0 Å². The average molecular weight is 452 g/mol. The largest absolute Gasteiger partial charge is 0.495 e. The van der Waals surface area contributed by atoms with Crippen molar-refractivity contribution in [2.75, 3.05) is 44.1 Å². The van der Waals surface area contributed by atoms with Gasteiger partial charge in [0.15, 0.2) is 0 Å². The van der Waals surface area contributed by atoms with Crippen LogP contribution in [0, 0.1) is 0 Å². The van der Waals surface area contributed by atoms with Crippen LogP contribution in [0.3, 0.4) is 0 Å². The summed E-state index contributed by atoms with van der Waals surface area (Å²) in [4.78, 5) is 27.0. The van der Waals surface area contributed by atoms with Gasteiger partial charge in [0.2, 0.25) is 12.3 Å². The molecule has 0 N–H and O–H groups in total. The van der Waals surface area contributed by atoms with Crippen molar-refractivity contribution in [3.8, 4) is 5.75 Å². The van der Waals surface area contributed by atoms with Crippen molar-refractivity contribution < 1.29 is 22.7 Å². The summed E-state index contributed by atoms with van der Waals surface area (Å²) < 4.78 is 32.9. The van der Waals surface area contributed by atoms with Crippen LogP contribution in [0.1, 0.15) is 0 Å². The summed E-state index contributed by atoms with van der Waals surface area (Å²) in [7, 11) is -2.56. The number of piperazine rings is 1. The highest BCUT2D eigenvalue weighted by Gasteiger charge is 2.30. The molecule has 0 unspecified atom stereocenters. The van der Waals surface area contributed by atoms with Crippen LogP contribution in [0.4, 0.5) is 5.69 Å². The molecule has 1 aliphatic heterocycles. The van der Waals surface area contributed by atoms with Gasteiger partial charge in [0.1, 0.15) is 12.3 Å². The third kappa shape index (κ3) is 4.68. The average Bonchev–Trinajstić information content (AvgIpc) is 2.77. The van der Waals surface area contributed by atoms with Crippen molar-refractivity contribution in [2.45, 2.75) is 4.90 Å². The quantitative estimate of drug-likeness (QED) is 0.599. The van der Waals surface area contributed by atoms with Gasteiger partial charge in [-0.2, -0.15) is 0 Å². The van der Waals surface area contributed by atoms with Crippen LogP contribution in [0.15, 0.2) is 53.4 Å². The fourth-order valence-electron chi connectivity index (χ4n) is 3.14. The predicted molar refractivity (Wildman–Crippen MR) is 113 cm³/mol. The van der Waals surface area contributed by atoms with Crippen LogP contribution in [0.2, 0.25) is 5.02 Å². The number of anilines is 1. The first kappa shape index (κ1) is 21.9. The smallest absolute Gasteiger partial charge is 0.264 e. The van der Waals surface area contributed by atoms with E-state index in [0.717, 1.165) is 10.7 Å². The Morgan fingerprint density at radius 2 is 1.80 bits per heavy atom. The Bertz CT molecular complexity index is 1010. The van der Waals surface area contributed by atoms with Crippen molar-refractivity contribution in [1.82, 2.24) is 9.80 Å². The lowest BCUT2D eigenvalue weighted by atomic mass is 10.3. The summed E-state index contributed by atoms with van der Waals surface area (Å²) in [5.74, 6) is 0.0424. The van der Waals surface area contributed by atoms with E-state index < -0.39 is 10.0 Å². The molecule has 0 bridgehead atoms. The van der Waals surface area contributed by atoms with Gasteiger partial charge in [-0.3, -0.25) is 13.9 Å². The van der Waals surface area contributed by atoms with Crippen molar-refractivity contribution >= 4 is 39.6 Å². The normalized spacial score (nSPS) is 14.3. The summed E-state index contributed by atoms with van der Waals surface area (Å²) >= 11 is 6.21. The van der Waals surface area contributed by atoms with E-state index in [0.29, 0.717) is 31.9 Å². The van der Waals surface area contributed by atoms with E-state index in [9.17, 15) is 18.0 Å². The van der Waals surface area contributed by atoms with Crippen LogP contribution >= 0.6 is 11.6 Å². The molecular formula is C20H22ClN3O5S. The number of carbonyl (C=O) groups is 2. The van der Waals surface area contributed by atoms with Crippen LogP contribution in [0.25, 0.3) is 0 Å². The molecule has 1 saturated heterocycles. The van der Waals surface area contributed by atoms with Crippen molar-refractivity contribution in [3.63, 3.8) is 0 Å². The lowest BCUT2D eigenvalue weighted by Gasteiger charge is -2.34. The molecule has 10 heteroatoms. The van der Waals surface area contributed by atoms with E-state index in [-0.39, 0.29) is 28.1 Å². The molecule has 160 valence electrons. The minimum absolute atomic E-state index is 0.0653. The number of halogens is 1. The lowest BCUT2D eigenvalue weighted by Crippen LogP contribution is -2.51. The zero-order valence-corrected chi connectivity index (χ0v) is 18.0. The monoisotopic (exact) mass is 451 g/mol. The minimum Gasteiger partial charge on any atom is -0.495 e. The summed E-state index contributed by atoms with van der Waals surface area (Å²) in [6, 6.07) is 12.5. The molecule has 1 fully saturated rings. The van der Waals surface area contributed by atoms with E-state index in [1.54, 1.807) is 40.1 Å². The third-order valence-electron chi connectivity index (χ3n) is 4.85. The second-order valence-electron chi connectivity index (χ2n) is 6.67. The highest BCUT2D eigenvalue weighted by molar-refractivity contribution is 7.92. The Hall–Kier alpha value is -2.78. The molecule has 0 aromatic heterocycles. The number of carbonyl (C=O) groups excluding carboxylic acids is 2. The molecule has 8 nitrogen and oxygen atoms in total. The molecule has 1 heterocycles. The molecule has 0 spiro atoms. The molecule has 30 heavy (non-hydrogen) atoms. The van der Waals surface area contributed by atoms with E-state index >= 15 is 0 Å². The Morgan fingerprint density at radius 3 is 2.37 bits per heavy atom. The maximum absolute atomic E-state index is 13.3. The standard InChI is InChI=1S/C20H22ClN3O5S/c1-29-19-8-7-16(13-18(19)21)24(30(27,28)17-5-3-2-4-6-17)14-20(26)23-11-9-22(15-25)10-12-23/h2-8,13,15H,9-12,14H2,1H3. The number of hydrogen-bond donors (Lipinski definition) is 0. The number of amides is 2. The van der Waals surface area contributed by atoms with Gasteiger partial charge in [0.05, 0.1) is 22.7 Å². The molecule has 2 aromatic carbocycles. The van der Waals surface area contributed by atoms with Crippen LogP contribution in [-0.4, -0.2) is 70.4 Å². The van der Waals surface area contributed by atoms with Gasteiger partial charge in [-0.15, -0.1) is 0 Å². The third-order valence-corrected chi connectivity index (χ3v) is 6.93. The number of ether oxygens (including phenoxy) is 1. The molecule has 0 atom stereocenters. The topological polar surface area (TPSA) is 87.2 Å². The van der Waals surface area contributed by atoms with Crippen molar-refractivity contribution in [2.24, 2.45) is 0 Å². The first-order valence-corrected chi connectivity index (χ1v) is 11.1. The second kappa shape index (κ2) is 9.36. The van der Waals surface area contributed by atoms with Gasteiger partial charge in [0, 0.05) is 26.2 Å². The Labute approximate surface area is 180 Å². The number of benzene rings is 2. The van der Waals surface area contributed by atoms with E-state index in [4.69, 9.17) is 16.3 Å². The maximum atomic E-state index is 13.3. The van der Waals surface area contributed by atoms with Crippen LogP contribution in [-0.2, 0) is 19.6 Å². The molecular weight excluding hydrogens is 430 g/mol. The molecule has 1 aliphatic rings. The SMILES string of the molecule is COc1ccc(N(CC(=O)N2CCN(C=O)CC2)S(=O)(=O)c2ccccc2)cc1Cl. The molecule has 2 amide bonds. The Balaban J connectivity index is 1.93. The maximum Gasteiger partial charge on any atom is 0.264 e. The van der Waals surface area contributed by atoms with Gasteiger partial charge < -0.3 is 14.5 Å². The van der Waals surface area contributed by atoms with E-state index in [1.807, 2.05) is 0 Å². The summed E-state index contributed by atoms with van der Waals surface area (Å²) in [6.45, 7) is 1.13. The van der Waals surface area contributed by atoms with Crippen molar-refractivity contribution in [3.05, 3.63) is 53.6 Å². The second-order valence-corrected chi connectivity index (χ2v) is 8.94. The molecule has 3 rings (SSSR count). The Morgan fingerprint density at radius 1 is 1.13 bits per heavy atom. The highest BCUT2D eigenvalue weighted by Crippen LogP contribution is 2.32. The predicted octanol–water partition coefficient (Wildman–Crippen LogP) is 1.84. The summed E-state index contributed by atoms with van der Waals surface area (Å²) in [6.07, 6.45) is 0.743. The molecule has 2 aromatic rings. The van der Waals surface area contributed by atoms with E-state index in [2.05, 4.69) is 0 Å². The minimum atomic E-state index is -4.02. The zero-order valence-electron chi connectivity index (χ0n) is 16.4. The molecule has 0 aliphatic carbocycles. The summed E-state index contributed by atoms with van der Waals surface area (Å²) in [5, 5.41) is 0.232. The fourth-order valence-corrected chi connectivity index (χ4v) is 4.82. The first-order valence-electron chi connectivity index (χ1n) is 9.25. The number of hydrogen-bond acceptors (Lipinski definition) is 5. The van der Waals surface area contributed by atoms with Crippen molar-refractivity contribution in [1.29, 1.82) is 0 Å². The van der Waals surface area contributed by atoms with Crippen LogP contribution < -0.4 is 9.04 Å². The lowest BCUT2D eigenvalue weighted by molar-refractivity contribution is -0.133. The van der Waals surface area contributed by atoms with Gasteiger partial charge in [-0.1, -0.05) is 29.8 Å². The first-order chi connectivity index (χ1) is 14.4. The van der Waals surface area contributed by atoms with Gasteiger partial charge in [-0.05, 0) is 30.3 Å². The molecule has 0 radical (unpaired) electrons. The number of rotatable bonds is 7. The highest BCUT2D eigenvalue weighted by atomic mass is 35.5. The fraction of sp³-hybridized carbons (Fsp3) is 0.300. The molecule has 0 saturated carbocycles. The van der Waals surface area contributed by atoms with Gasteiger partial charge in [-0.25, -0.2) is 8.42 Å². The van der Waals surface area contributed by atoms with Gasteiger partial charge >= 0.3 is 0 Å². The van der Waals surface area contributed by atoms with E-state index in [1.165, 1.54) is 25.3 Å².